The second-order valence-electron chi connectivity index (χ2n) is 3.49. The molecule has 7 heteroatoms. The van der Waals surface area contributed by atoms with Crippen LogP contribution in [-0.4, -0.2) is 39.0 Å². The van der Waals surface area contributed by atoms with Crippen LogP contribution in [0.5, 0.6) is 0 Å². The van der Waals surface area contributed by atoms with Gasteiger partial charge < -0.3 is 16.2 Å². The van der Waals surface area contributed by atoms with Gasteiger partial charge in [0.15, 0.2) is 0 Å². The molecule has 1 rings (SSSR count). The lowest BCUT2D eigenvalue weighted by Gasteiger charge is -2.08. The summed E-state index contributed by atoms with van der Waals surface area (Å²) in [6, 6.07) is 7.04. The third kappa shape index (κ3) is 5.53. The maximum atomic E-state index is 11.4. The van der Waals surface area contributed by atoms with Gasteiger partial charge in [-0.15, -0.1) is 0 Å². The Hall–Kier alpha value is -1.31. The topological polar surface area (TPSA) is 104 Å². The molecule has 1 aromatic carbocycles. The van der Waals surface area contributed by atoms with Gasteiger partial charge in [0.1, 0.15) is 0 Å². The molecule has 0 fully saturated rings. The molecule has 0 saturated heterocycles. The molecule has 0 saturated carbocycles. The van der Waals surface area contributed by atoms with Crippen molar-refractivity contribution < 1.29 is 13.5 Å². The van der Waals surface area contributed by atoms with E-state index in [0.29, 0.717) is 12.2 Å². The van der Waals surface area contributed by atoms with Crippen molar-refractivity contribution in [2.24, 2.45) is 0 Å². The highest BCUT2D eigenvalue weighted by molar-refractivity contribution is 7.89. The molecular formula is C10H17N3O3S. The van der Waals surface area contributed by atoms with E-state index in [4.69, 9.17) is 10.8 Å². The van der Waals surface area contributed by atoms with Crippen LogP contribution in [0, 0.1) is 0 Å². The van der Waals surface area contributed by atoms with E-state index in [-0.39, 0.29) is 18.9 Å². The monoisotopic (exact) mass is 259 g/mol. The van der Waals surface area contributed by atoms with E-state index in [1.165, 1.54) is 0 Å². The molecule has 0 unspecified atom stereocenters. The van der Waals surface area contributed by atoms with Gasteiger partial charge in [-0.2, -0.15) is 0 Å². The fourth-order valence-electron chi connectivity index (χ4n) is 1.20. The Labute approximate surface area is 101 Å². The molecule has 0 aliphatic heterocycles. The lowest BCUT2D eigenvalue weighted by molar-refractivity contribution is 0.301. The van der Waals surface area contributed by atoms with Crippen molar-refractivity contribution in [2.45, 2.75) is 0 Å². The maximum Gasteiger partial charge on any atom is 0.213 e. The number of aliphatic hydroxyl groups excluding tert-OH is 1. The normalized spacial score (nSPS) is 11.4. The lowest BCUT2D eigenvalue weighted by atomic mass is 10.3. The zero-order valence-electron chi connectivity index (χ0n) is 9.39. The Morgan fingerprint density at radius 3 is 2.41 bits per heavy atom. The van der Waals surface area contributed by atoms with Crippen molar-refractivity contribution in [3.63, 3.8) is 0 Å². The highest BCUT2D eigenvalue weighted by Crippen LogP contribution is 2.09. The minimum absolute atomic E-state index is 0.0443. The van der Waals surface area contributed by atoms with Crippen molar-refractivity contribution >= 4 is 21.4 Å². The van der Waals surface area contributed by atoms with Crippen LogP contribution in [-0.2, 0) is 10.0 Å². The van der Waals surface area contributed by atoms with Crippen molar-refractivity contribution in [3.8, 4) is 0 Å². The lowest BCUT2D eigenvalue weighted by Crippen LogP contribution is -2.31. The smallest absolute Gasteiger partial charge is 0.213 e. The fourth-order valence-corrected chi connectivity index (χ4v) is 2.12. The number of nitrogens with two attached hydrogens (primary N) is 1. The second kappa shape index (κ2) is 6.43. The van der Waals surface area contributed by atoms with Gasteiger partial charge in [0.25, 0.3) is 0 Å². The Morgan fingerprint density at radius 2 is 1.82 bits per heavy atom. The van der Waals surface area contributed by atoms with Gasteiger partial charge in [-0.05, 0) is 24.3 Å². The summed E-state index contributed by atoms with van der Waals surface area (Å²) in [4.78, 5) is 0. The first-order valence-corrected chi connectivity index (χ1v) is 6.86. The molecule has 0 aliphatic rings. The second-order valence-corrected chi connectivity index (χ2v) is 5.41. The van der Waals surface area contributed by atoms with Gasteiger partial charge in [0, 0.05) is 24.5 Å². The molecule has 5 N–H and O–H groups in total. The first-order chi connectivity index (χ1) is 8.03. The number of hydrogen-bond acceptors (Lipinski definition) is 5. The average molecular weight is 259 g/mol. The number of aliphatic hydroxyl groups is 1. The van der Waals surface area contributed by atoms with Crippen LogP contribution in [0.1, 0.15) is 0 Å². The summed E-state index contributed by atoms with van der Waals surface area (Å²) < 4.78 is 25.0. The average Bonchev–Trinajstić information content (AvgIpc) is 2.29. The van der Waals surface area contributed by atoms with E-state index < -0.39 is 10.0 Å². The third-order valence-corrected chi connectivity index (χ3v) is 3.43. The molecule has 0 aliphatic carbocycles. The Balaban J connectivity index is 2.34. The molecule has 0 amide bonds. The molecule has 0 bridgehead atoms. The Morgan fingerprint density at radius 1 is 1.18 bits per heavy atom. The van der Waals surface area contributed by atoms with Crippen molar-refractivity contribution in [1.82, 2.24) is 4.72 Å². The number of hydrogen-bond donors (Lipinski definition) is 4. The Bertz CT molecular complexity index is 431. The minimum Gasteiger partial charge on any atom is -0.399 e. The van der Waals surface area contributed by atoms with Gasteiger partial charge >= 0.3 is 0 Å². The van der Waals surface area contributed by atoms with Gasteiger partial charge in [-0.1, -0.05) is 0 Å². The highest BCUT2D eigenvalue weighted by Gasteiger charge is 2.08. The third-order valence-electron chi connectivity index (χ3n) is 2.04. The van der Waals surface area contributed by atoms with E-state index in [1.54, 1.807) is 24.3 Å². The van der Waals surface area contributed by atoms with Crippen molar-refractivity contribution in [1.29, 1.82) is 0 Å². The van der Waals surface area contributed by atoms with Gasteiger partial charge in [-0.25, -0.2) is 13.1 Å². The number of sulfonamides is 1. The van der Waals surface area contributed by atoms with Crippen LogP contribution in [0.15, 0.2) is 24.3 Å². The minimum atomic E-state index is -3.32. The first-order valence-electron chi connectivity index (χ1n) is 5.21. The largest absolute Gasteiger partial charge is 0.399 e. The predicted octanol–water partition coefficient (Wildman–Crippen LogP) is -0.408. The molecule has 0 heterocycles. The standard InChI is InChI=1S/C10H17N3O3S/c11-9-1-3-10(4-2-9)12-6-8-17(15,16)13-5-7-14/h1-4,12-14H,5-8,11H2. The van der Waals surface area contributed by atoms with E-state index in [1.807, 2.05) is 0 Å². The summed E-state index contributed by atoms with van der Waals surface area (Å²) in [5.74, 6) is -0.0443. The zero-order chi connectivity index (χ0) is 12.7. The summed E-state index contributed by atoms with van der Waals surface area (Å²) in [5.41, 5.74) is 7.00. The summed E-state index contributed by atoms with van der Waals surface area (Å²) in [6.45, 7) is 0.138. The van der Waals surface area contributed by atoms with Crippen LogP contribution in [0.3, 0.4) is 0 Å². The summed E-state index contributed by atoms with van der Waals surface area (Å²) in [5, 5.41) is 11.5. The van der Waals surface area contributed by atoms with E-state index in [0.717, 1.165) is 5.69 Å². The molecule has 0 atom stereocenters. The maximum absolute atomic E-state index is 11.4. The first kappa shape index (κ1) is 13.8. The molecule has 1 aromatic rings. The molecule has 96 valence electrons. The number of nitrogens with one attached hydrogen (secondary N) is 2. The SMILES string of the molecule is Nc1ccc(NCCS(=O)(=O)NCCO)cc1. The van der Waals surface area contributed by atoms with E-state index in [2.05, 4.69) is 10.0 Å². The van der Waals surface area contributed by atoms with E-state index >= 15 is 0 Å². The number of anilines is 2. The predicted molar refractivity (Wildman–Crippen MR) is 68.2 cm³/mol. The van der Waals surface area contributed by atoms with Gasteiger partial charge in [0.2, 0.25) is 10.0 Å². The van der Waals surface area contributed by atoms with Crippen molar-refractivity contribution in [3.05, 3.63) is 24.3 Å². The van der Waals surface area contributed by atoms with Crippen LogP contribution in [0.2, 0.25) is 0 Å². The van der Waals surface area contributed by atoms with Crippen LogP contribution in [0.25, 0.3) is 0 Å². The van der Waals surface area contributed by atoms with Gasteiger partial charge in [-0.3, -0.25) is 0 Å². The molecule has 6 nitrogen and oxygen atoms in total. The highest BCUT2D eigenvalue weighted by atomic mass is 32.2. The van der Waals surface area contributed by atoms with Crippen LogP contribution >= 0.6 is 0 Å². The molecule has 0 spiro atoms. The molecule has 0 aromatic heterocycles. The van der Waals surface area contributed by atoms with Gasteiger partial charge in [0.05, 0.1) is 12.4 Å². The Kier molecular flexibility index (Phi) is 5.20. The molecule has 17 heavy (non-hydrogen) atoms. The summed E-state index contributed by atoms with van der Waals surface area (Å²) in [7, 11) is -3.32. The fraction of sp³-hybridized carbons (Fsp3) is 0.400. The number of benzene rings is 1. The van der Waals surface area contributed by atoms with E-state index in [9.17, 15) is 8.42 Å². The number of rotatable bonds is 7. The zero-order valence-corrected chi connectivity index (χ0v) is 10.2. The summed E-state index contributed by atoms with van der Waals surface area (Å²) in [6.07, 6.45) is 0. The molecule has 0 radical (unpaired) electrons. The quantitative estimate of drug-likeness (QED) is 0.498. The molecular weight excluding hydrogens is 242 g/mol. The number of nitrogen functional groups attached to an aromatic ring is 1. The van der Waals surface area contributed by atoms with Crippen molar-refractivity contribution in [2.75, 3.05) is 36.5 Å². The van der Waals surface area contributed by atoms with Crippen LogP contribution in [0.4, 0.5) is 11.4 Å². The summed E-state index contributed by atoms with van der Waals surface area (Å²) >= 11 is 0. The van der Waals surface area contributed by atoms with Crippen LogP contribution < -0.4 is 15.8 Å².